The van der Waals surface area contributed by atoms with E-state index in [1.165, 1.54) is 11.3 Å². The van der Waals surface area contributed by atoms with E-state index in [0.29, 0.717) is 5.13 Å². The third kappa shape index (κ3) is 2.23. The molecule has 2 N–H and O–H groups in total. The molecule has 3 aromatic rings. The molecule has 4 rings (SSSR count). The second-order valence-corrected chi connectivity index (χ2v) is 5.91. The lowest BCUT2D eigenvalue weighted by molar-refractivity contribution is -0.116. The summed E-state index contributed by atoms with van der Waals surface area (Å²) in [5, 5.41) is 15.8. The van der Waals surface area contributed by atoms with Crippen molar-refractivity contribution in [1.29, 1.82) is 0 Å². The van der Waals surface area contributed by atoms with Crippen molar-refractivity contribution < 1.29 is 4.79 Å². The Morgan fingerprint density at radius 1 is 1.00 bits per heavy atom. The highest BCUT2D eigenvalue weighted by molar-refractivity contribution is 7.18. The number of carbonyl (C=O) groups excluding carboxylic acids is 1. The van der Waals surface area contributed by atoms with Crippen molar-refractivity contribution in [3.8, 4) is 10.6 Å². The summed E-state index contributed by atoms with van der Waals surface area (Å²) in [5.74, 6) is -0.0716. The fraction of sp³-hybridized carbons (Fsp3) is 0.0625. The number of aromatic nitrogens is 2. The lowest BCUT2D eigenvalue weighted by Gasteiger charge is -2.08. The second kappa shape index (κ2) is 5.23. The lowest BCUT2D eigenvalue weighted by atomic mass is 10.1. The van der Waals surface area contributed by atoms with Crippen LogP contribution in [0.5, 0.6) is 0 Å². The molecule has 1 aliphatic heterocycles. The van der Waals surface area contributed by atoms with Gasteiger partial charge in [0.15, 0.2) is 0 Å². The number of carbonyl (C=O) groups is 1. The van der Waals surface area contributed by atoms with Gasteiger partial charge in [-0.15, -0.1) is 10.2 Å². The number of nitrogens with zero attached hydrogens (tertiary/aromatic N) is 2. The fourth-order valence-electron chi connectivity index (χ4n) is 2.45. The Balaban J connectivity index is 1.60. The van der Waals surface area contributed by atoms with E-state index in [2.05, 4.69) is 20.8 Å². The normalized spacial score (nSPS) is 16.2. The summed E-state index contributed by atoms with van der Waals surface area (Å²) in [4.78, 5) is 12.1. The molecule has 0 bridgehead atoms. The van der Waals surface area contributed by atoms with Gasteiger partial charge in [-0.1, -0.05) is 59.9 Å². The lowest BCUT2D eigenvalue weighted by Crippen LogP contribution is -2.19. The molecule has 108 valence electrons. The highest BCUT2D eigenvalue weighted by Gasteiger charge is 2.30. The van der Waals surface area contributed by atoms with E-state index >= 15 is 0 Å². The summed E-state index contributed by atoms with van der Waals surface area (Å²) in [6, 6.07) is 17.1. The molecule has 0 fully saturated rings. The van der Waals surface area contributed by atoms with Crippen molar-refractivity contribution in [2.45, 2.75) is 6.04 Å². The number of para-hydroxylation sites is 1. The van der Waals surface area contributed by atoms with Crippen molar-refractivity contribution in [1.82, 2.24) is 10.2 Å². The van der Waals surface area contributed by atoms with E-state index in [9.17, 15) is 4.79 Å². The minimum atomic E-state index is -0.423. The van der Waals surface area contributed by atoms with Crippen LogP contribution < -0.4 is 10.6 Å². The van der Waals surface area contributed by atoms with Crippen LogP contribution >= 0.6 is 11.3 Å². The summed E-state index contributed by atoms with van der Waals surface area (Å²) in [6.07, 6.45) is 0. The van der Waals surface area contributed by atoms with Gasteiger partial charge in [0.05, 0.1) is 0 Å². The first-order valence-corrected chi connectivity index (χ1v) is 7.68. The van der Waals surface area contributed by atoms with Crippen LogP contribution in [0.4, 0.5) is 10.8 Å². The highest BCUT2D eigenvalue weighted by atomic mass is 32.1. The predicted octanol–water partition coefficient (Wildman–Crippen LogP) is 3.31. The van der Waals surface area contributed by atoms with Crippen molar-refractivity contribution >= 4 is 28.1 Å². The summed E-state index contributed by atoms with van der Waals surface area (Å²) >= 11 is 1.44. The van der Waals surface area contributed by atoms with Crippen LogP contribution in [0.3, 0.4) is 0 Å². The zero-order valence-electron chi connectivity index (χ0n) is 11.5. The fourth-order valence-corrected chi connectivity index (χ4v) is 3.23. The van der Waals surface area contributed by atoms with E-state index in [4.69, 9.17) is 0 Å². The molecule has 0 saturated heterocycles. The highest BCUT2D eigenvalue weighted by Crippen LogP contribution is 2.34. The molecule has 1 aromatic heterocycles. The summed E-state index contributed by atoms with van der Waals surface area (Å²) in [6.45, 7) is 0. The first-order valence-electron chi connectivity index (χ1n) is 6.86. The Hall–Kier alpha value is -2.73. The molecule has 22 heavy (non-hydrogen) atoms. The summed E-state index contributed by atoms with van der Waals surface area (Å²) in [7, 11) is 0. The van der Waals surface area contributed by atoms with Gasteiger partial charge >= 0.3 is 0 Å². The maximum atomic E-state index is 12.1. The smallest absolute Gasteiger partial charge is 0.251 e. The van der Waals surface area contributed by atoms with Gasteiger partial charge in [-0.05, 0) is 6.07 Å². The minimum absolute atomic E-state index is 0.0716. The van der Waals surface area contributed by atoms with Gasteiger partial charge in [-0.3, -0.25) is 4.79 Å². The number of hydrogen-bond acceptors (Lipinski definition) is 5. The average Bonchev–Trinajstić information content (AvgIpc) is 3.14. The molecule has 0 saturated carbocycles. The monoisotopic (exact) mass is 308 g/mol. The van der Waals surface area contributed by atoms with Crippen LogP contribution in [0.25, 0.3) is 10.6 Å². The number of nitrogens with one attached hydrogen (secondary N) is 2. The maximum Gasteiger partial charge on any atom is 0.251 e. The number of rotatable bonds is 3. The Morgan fingerprint density at radius 2 is 1.77 bits per heavy atom. The molecule has 2 aromatic carbocycles. The van der Waals surface area contributed by atoms with Crippen LogP contribution in [0, 0.1) is 0 Å². The number of benzene rings is 2. The molecule has 0 aliphatic carbocycles. The molecular formula is C16H12N4OS. The molecule has 1 amide bonds. The maximum absolute atomic E-state index is 12.1. The van der Waals surface area contributed by atoms with E-state index in [0.717, 1.165) is 21.8 Å². The third-order valence-electron chi connectivity index (χ3n) is 3.51. The Morgan fingerprint density at radius 3 is 2.64 bits per heavy atom. The second-order valence-electron chi connectivity index (χ2n) is 4.93. The Bertz CT molecular complexity index is 831. The van der Waals surface area contributed by atoms with Crippen molar-refractivity contribution in [3.05, 3.63) is 60.2 Å². The standard InChI is InChI=1S/C16H12N4OS/c21-14-13(11-8-4-5-9-12(11)17-14)18-16-20-19-15(22-16)10-6-2-1-3-7-10/h1-9,13H,(H,17,21)(H,18,20). The minimum Gasteiger partial charge on any atom is -0.345 e. The van der Waals surface area contributed by atoms with E-state index in [1.807, 2.05) is 54.6 Å². The van der Waals surface area contributed by atoms with Crippen LogP contribution in [0.15, 0.2) is 54.6 Å². The Labute approximate surface area is 131 Å². The van der Waals surface area contributed by atoms with Crippen LogP contribution in [0.1, 0.15) is 11.6 Å². The largest absolute Gasteiger partial charge is 0.345 e. The number of fused-ring (bicyclic) bond motifs is 1. The first-order chi connectivity index (χ1) is 10.8. The van der Waals surface area contributed by atoms with E-state index in [1.54, 1.807) is 0 Å². The topological polar surface area (TPSA) is 66.9 Å². The zero-order chi connectivity index (χ0) is 14.9. The quantitative estimate of drug-likeness (QED) is 0.779. The van der Waals surface area contributed by atoms with Gasteiger partial charge in [0.25, 0.3) is 5.91 Å². The summed E-state index contributed by atoms with van der Waals surface area (Å²) in [5.41, 5.74) is 2.80. The van der Waals surface area contributed by atoms with Crippen molar-refractivity contribution in [2.75, 3.05) is 10.6 Å². The number of amides is 1. The number of anilines is 2. The molecule has 2 heterocycles. The first kappa shape index (κ1) is 13.0. The van der Waals surface area contributed by atoms with Gasteiger partial charge < -0.3 is 10.6 Å². The molecule has 0 radical (unpaired) electrons. The SMILES string of the molecule is O=C1Nc2ccccc2C1Nc1nnc(-c2ccccc2)s1. The predicted molar refractivity (Wildman–Crippen MR) is 86.8 cm³/mol. The van der Waals surface area contributed by atoms with E-state index in [-0.39, 0.29) is 5.91 Å². The average molecular weight is 308 g/mol. The van der Waals surface area contributed by atoms with Crippen molar-refractivity contribution in [3.63, 3.8) is 0 Å². The van der Waals surface area contributed by atoms with Gasteiger partial charge in [-0.2, -0.15) is 0 Å². The van der Waals surface area contributed by atoms with Gasteiger partial charge in [0.1, 0.15) is 11.0 Å². The summed E-state index contributed by atoms with van der Waals surface area (Å²) < 4.78 is 0. The van der Waals surface area contributed by atoms with Gasteiger partial charge in [0, 0.05) is 16.8 Å². The molecule has 6 heteroatoms. The van der Waals surface area contributed by atoms with Gasteiger partial charge in [0.2, 0.25) is 5.13 Å². The third-order valence-corrected chi connectivity index (χ3v) is 4.41. The van der Waals surface area contributed by atoms with Crippen LogP contribution in [-0.4, -0.2) is 16.1 Å². The molecule has 0 spiro atoms. The van der Waals surface area contributed by atoms with E-state index < -0.39 is 6.04 Å². The molecule has 1 unspecified atom stereocenters. The number of hydrogen-bond donors (Lipinski definition) is 2. The Kier molecular flexibility index (Phi) is 3.08. The molecule has 5 nitrogen and oxygen atoms in total. The van der Waals surface area contributed by atoms with Crippen LogP contribution in [-0.2, 0) is 4.79 Å². The zero-order valence-corrected chi connectivity index (χ0v) is 12.3. The molecular weight excluding hydrogens is 296 g/mol. The molecule has 1 aliphatic rings. The van der Waals surface area contributed by atoms with Crippen molar-refractivity contribution in [2.24, 2.45) is 0 Å². The van der Waals surface area contributed by atoms with Gasteiger partial charge in [-0.25, -0.2) is 0 Å². The molecule has 1 atom stereocenters. The van der Waals surface area contributed by atoms with Crippen LogP contribution in [0.2, 0.25) is 0 Å².